The number of rotatable bonds is 7. The van der Waals surface area contributed by atoms with Gasteiger partial charge in [-0.25, -0.2) is 9.79 Å². The van der Waals surface area contributed by atoms with Crippen molar-refractivity contribution in [1.82, 2.24) is 4.57 Å². The number of hydrogen-bond acceptors (Lipinski definition) is 7. The van der Waals surface area contributed by atoms with Crippen molar-refractivity contribution >= 4 is 73.5 Å². The number of halogens is 6. The molecule has 0 aliphatic carbocycles. The van der Waals surface area contributed by atoms with E-state index in [1.807, 2.05) is 0 Å². The van der Waals surface area contributed by atoms with Gasteiger partial charge in [0.05, 0.1) is 38.0 Å². The molecule has 1 aliphatic heterocycles. The highest BCUT2D eigenvalue weighted by atomic mass is 127. The predicted octanol–water partition coefficient (Wildman–Crippen LogP) is 6.81. The van der Waals surface area contributed by atoms with Crippen LogP contribution < -0.4 is 19.6 Å². The van der Waals surface area contributed by atoms with E-state index in [0.29, 0.717) is 35.5 Å². The summed E-state index contributed by atoms with van der Waals surface area (Å²) < 4.78 is 56.8. The number of fused-ring (bicyclic) bond motifs is 1. The Bertz CT molecular complexity index is 2070. The summed E-state index contributed by atoms with van der Waals surface area (Å²) >= 11 is 12.3. The van der Waals surface area contributed by atoms with E-state index in [1.165, 1.54) is 37.3 Å². The number of nitriles is 1. The van der Waals surface area contributed by atoms with Gasteiger partial charge in [-0.1, -0.05) is 69.2 Å². The number of hydrogen-bond donors (Lipinski definition) is 0. The van der Waals surface area contributed by atoms with Gasteiger partial charge in [-0.2, -0.15) is 18.4 Å². The van der Waals surface area contributed by atoms with E-state index in [9.17, 15) is 28.0 Å². The Hall–Kier alpha value is -3.45. The van der Waals surface area contributed by atoms with Crippen molar-refractivity contribution in [3.8, 4) is 11.8 Å². The summed E-state index contributed by atoms with van der Waals surface area (Å²) in [6, 6.07) is 16.9. The molecule has 0 bridgehead atoms. The van der Waals surface area contributed by atoms with Gasteiger partial charge in [0.25, 0.3) is 5.56 Å². The highest BCUT2D eigenvalue weighted by Gasteiger charge is 2.45. The normalized spacial score (nSPS) is 14.9. The van der Waals surface area contributed by atoms with Crippen molar-refractivity contribution in [2.75, 3.05) is 6.61 Å². The Morgan fingerprint density at radius 3 is 2.60 bits per heavy atom. The second-order valence-corrected chi connectivity index (χ2v) is 13.0. The predicted molar refractivity (Wildman–Crippen MR) is 175 cm³/mol. The molecule has 0 saturated heterocycles. The van der Waals surface area contributed by atoms with Gasteiger partial charge in [-0.15, -0.1) is 0 Å². The first-order valence-corrected chi connectivity index (χ1v) is 16.1. The van der Waals surface area contributed by atoms with Crippen LogP contribution in [0.25, 0.3) is 6.08 Å². The summed E-state index contributed by atoms with van der Waals surface area (Å²) in [5.41, 5.74) is -1.15. The third kappa shape index (κ3) is 6.89. The smallest absolute Gasteiger partial charge is 0.434 e. The fourth-order valence-corrected chi connectivity index (χ4v) is 7.51. The maximum atomic E-state index is 14.4. The Balaban J connectivity index is 1.72. The number of ether oxygens (including phenoxy) is 2. The standard InChI is InChI=1S/C31H19BrClF3IN3O4S/c1-2-43-29(42)24-25(16-7-9-21(33)10-8-16)40-28(41)23(45-30(40)39-27(24)31(34,35)36)12-19-11-20(32)13-22(37)26(19)44-15-18-6-4-3-5-17(18)14-38/h3-13,25H,2,15H2,1H3/b23-12-/t25-/m1/s1. The van der Waals surface area contributed by atoms with E-state index in [1.54, 1.807) is 36.4 Å². The van der Waals surface area contributed by atoms with E-state index in [-0.39, 0.29) is 28.1 Å². The molecule has 14 heteroatoms. The Morgan fingerprint density at radius 1 is 1.22 bits per heavy atom. The number of allylic oxidation sites excluding steroid dienone is 1. The Labute approximate surface area is 285 Å². The SMILES string of the molecule is CCOC(=O)C1=C(C(F)(F)F)N=c2s/c(=C\c3cc(Br)cc(I)c3OCc3ccccc3C#N)c(=O)n2[C@@H]1c1ccc(Cl)cc1. The summed E-state index contributed by atoms with van der Waals surface area (Å²) in [4.78, 5) is 30.6. The lowest BCUT2D eigenvalue weighted by atomic mass is 9.95. The molecule has 0 fully saturated rings. The second kappa shape index (κ2) is 13.5. The molecule has 4 aromatic rings. The molecule has 0 saturated carbocycles. The molecular formula is C31H19BrClF3IN3O4S. The van der Waals surface area contributed by atoms with E-state index >= 15 is 0 Å². The summed E-state index contributed by atoms with van der Waals surface area (Å²) in [5, 5.41) is 9.78. The number of carbonyl (C=O) groups excluding carboxylic acids is 1. The topological polar surface area (TPSA) is 93.7 Å². The first-order chi connectivity index (χ1) is 21.4. The van der Waals surface area contributed by atoms with Crippen molar-refractivity contribution in [2.45, 2.75) is 25.7 Å². The molecule has 0 N–H and O–H groups in total. The molecule has 3 aromatic carbocycles. The molecule has 5 rings (SSSR count). The largest absolute Gasteiger partial charge is 0.487 e. The second-order valence-electron chi connectivity index (χ2n) is 9.48. The third-order valence-corrected chi connectivity index (χ3v) is 9.11. The van der Waals surface area contributed by atoms with Crippen molar-refractivity contribution in [1.29, 1.82) is 5.26 Å². The maximum absolute atomic E-state index is 14.4. The average Bonchev–Trinajstić information content (AvgIpc) is 3.30. The minimum absolute atomic E-state index is 0.0514. The van der Waals surface area contributed by atoms with Crippen LogP contribution in [0, 0.1) is 14.9 Å². The molecule has 1 atom stereocenters. The van der Waals surface area contributed by atoms with Crippen LogP contribution in [0.1, 0.15) is 35.2 Å². The first-order valence-electron chi connectivity index (χ1n) is 13.1. The lowest BCUT2D eigenvalue weighted by Gasteiger charge is -2.26. The van der Waals surface area contributed by atoms with Gasteiger partial charge in [0.1, 0.15) is 12.4 Å². The van der Waals surface area contributed by atoms with Crippen LogP contribution in [0.15, 0.2) is 86.2 Å². The molecule has 45 heavy (non-hydrogen) atoms. The summed E-state index contributed by atoms with van der Waals surface area (Å²) in [7, 11) is 0. The Kier molecular flexibility index (Phi) is 9.88. The number of esters is 1. The van der Waals surface area contributed by atoms with Crippen LogP contribution in [0.2, 0.25) is 5.02 Å². The van der Waals surface area contributed by atoms with Crippen molar-refractivity contribution in [3.63, 3.8) is 0 Å². The molecular weight excluding hydrogens is 810 g/mol. The lowest BCUT2D eigenvalue weighted by Crippen LogP contribution is -2.41. The minimum atomic E-state index is -5.02. The zero-order valence-electron chi connectivity index (χ0n) is 23.0. The zero-order valence-corrected chi connectivity index (χ0v) is 28.3. The summed E-state index contributed by atoms with van der Waals surface area (Å²) in [5.74, 6) is -0.840. The average molecular weight is 829 g/mol. The maximum Gasteiger partial charge on any atom is 0.434 e. The number of alkyl halides is 3. The van der Waals surface area contributed by atoms with E-state index in [4.69, 9.17) is 21.1 Å². The van der Waals surface area contributed by atoms with Crippen molar-refractivity contribution in [2.24, 2.45) is 4.99 Å². The monoisotopic (exact) mass is 827 g/mol. The molecule has 1 aliphatic rings. The van der Waals surface area contributed by atoms with Crippen LogP contribution in [0.3, 0.4) is 0 Å². The van der Waals surface area contributed by atoms with Gasteiger partial charge in [0.2, 0.25) is 0 Å². The molecule has 0 spiro atoms. The van der Waals surface area contributed by atoms with Gasteiger partial charge in [-0.3, -0.25) is 9.36 Å². The number of benzene rings is 3. The van der Waals surface area contributed by atoms with E-state index in [2.05, 4.69) is 49.6 Å². The molecule has 0 amide bonds. The first kappa shape index (κ1) is 32.9. The number of nitrogens with zero attached hydrogens (tertiary/aromatic N) is 3. The number of aromatic nitrogens is 1. The van der Waals surface area contributed by atoms with E-state index in [0.717, 1.165) is 15.9 Å². The quantitative estimate of drug-likeness (QED) is 0.151. The van der Waals surface area contributed by atoms with Crippen LogP contribution in [0.5, 0.6) is 5.75 Å². The molecule has 1 aromatic heterocycles. The van der Waals surface area contributed by atoms with E-state index < -0.39 is 35.0 Å². The van der Waals surface area contributed by atoms with Crippen LogP contribution in [-0.2, 0) is 16.1 Å². The van der Waals surface area contributed by atoms with Crippen molar-refractivity contribution in [3.05, 3.63) is 127 Å². The van der Waals surface area contributed by atoms with Gasteiger partial charge < -0.3 is 9.47 Å². The van der Waals surface area contributed by atoms with Gasteiger partial charge in [0, 0.05) is 20.6 Å². The van der Waals surface area contributed by atoms with Crippen LogP contribution in [0.4, 0.5) is 13.2 Å². The Morgan fingerprint density at radius 2 is 1.93 bits per heavy atom. The summed E-state index contributed by atoms with van der Waals surface area (Å²) in [6.07, 6.45) is -3.52. The van der Waals surface area contributed by atoms with Gasteiger partial charge >= 0.3 is 12.1 Å². The summed E-state index contributed by atoms with van der Waals surface area (Å²) in [6.45, 7) is 1.34. The zero-order chi connectivity index (χ0) is 32.5. The van der Waals surface area contributed by atoms with Gasteiger partial charge in [0.15, 0.2) is 10.5 Å². The molecule has 230 valence electrons. The third-order valence-electron chi connectivity index (χ3n) is 6.61. The number of carbonyl (C=O) groups is 1. The lowest BCUT2D eigenvalue weighted by molar-refractivity contribution is -0.140. The van der Waals surface area contributed by atoms with Crippen LogP contribution >= 0.6 is 61.5 Å². The molecule has 0 unspecified atom stereocenters. The molecule has 7 nitrogen and oxygen atoms in total. The number of thiazole rings is 1. The highest BCUT2D eigenvalue weighted by molar-refractivity contribution is 14.1. The fraction of sp³-hybridized carbons (Fsp3) is 0.161. The molecule has 0 radical (unpaired) electrons. The van der Waals surface area contributed by atoms with Gasteiger partial charge in [-0.05, 0) is 71.5 Å². The van der Waals surface area contributed by atoms with Crippen LogP contribution in [-0.4, -0.2) is 23.3 Å². The van der Waals surface area contributed by atoms with Crippen molar-refractivity contribution < 1.29 is 27.4 Å². The molecule has 2 heterocycles. The fourth-order valence-electron chi connectivity index (χ4n) is 4.69. The highest BCUT2D eigenvalue weighted by Crippen LogP contribution is 2.38. The minimum Gasteiger partial charge on any atom is -0.487 e.